The monoisotopic (exact) mass is 304 g/mol. The average molecular weight is 304 g/mol. The van der Waals surface area contributed by atoms with Gasteiger partial charge in [-0.25, -0.2) is 0 Å². The lowest BCUT2D eigenvalue weighted by atomic mass is 9.40. The number of Topliss-reactive ketones (excluding diaryl/α,β-unsaturated/α-hetero) is 1. The van der Waals surface area contributed by atoms with Crippen LogP contribution in [-0.4, -0.2) is 17.0 Å². The Kier molecular flexibility index (Phi) is 3.02. The quantitative estimate of drug-likeness (QED) is 0.728. The highest BCUT2D eigenvalue weighted by atomic mass is 16.3. The van der Waals surface area contributed by atoms with Crippen molar-refractivity contribution in [3.63, 3.8) is 0 Å². The number of ketones is 1. The zero-order chi connectivity index (χ0) is 15.9. The van der Waals surface area contributed by atoms with Crippen LogP contribution >= 0.6 is 0 Å². The minimum Gasteiger partial charge on any atom is -0.393 e. The third-order valence-electron chi connectivity index (χ3n) is 8.92. The summed E-state index contributed by atoms with van der Waals surface area (Å²) in [7, 11) is 0. The molecule has 4 aliphatic rings. The second-order valence-electron chi connectivity index (χ2n) is 9.88. The van der Waals surface area contributed by atoms with Crippen LogP contribution in [-0.2, 0) is 4.79 Å². The van der Waals surface area contributed by atoms with Gasteiger partial charge in [0.05, 0.1) is 6.10 Å². The first-order valence-electron chi connectivity index (χ1n) is 9.46. The maximum Gasteiger partial charge on any atom is 0.142 e. The van der Waals surface area contributed by atoms with E-state index in [4.69, 9.17) is 0 Å². The Hall–Kier alpha value is -0.370. The van der Waals surface area contributed by atoms with Crippen LogP contribution < -0.4 is 0 Å². The maximum atomic E-state index is 13.1. The number of aliphatic hydroxyl groups is 1. The Morgan fingerprint density at radius 3 is 2.45 bits per heavy atom. The highest BCUT2D eigenvalue weighted by molar-refractivity contribution is 5.90. The minimum absolute atomic E-state index is 0.00126. The lowest BCUT2D eigenvalue weighted by Crippen LogP contribution is -2.60. The van der Waals surface area contributed by atoms with Gasteiger partial charge in [-0.1, -0.05) is 27.7 Å². The van der Waals surface area contributed by atoms with Crippen molar-refractivity contribution in [3.8, 4) is 0 Å². The van der Waals surface area contributed by atoms with Gasteiger partial charge in [-0.15, -0.1) is 0 Å². The van der Waals surface area contributed by atoms with Gasteiger partial charge in [0.1, 0.15) is 5.78 Å². The summed E-state index contributed by atoms with van der Waals surface area (Å²) in [5.74, 6) is 2.70. The van der Waals surface area contributed by atoms with Crippen molar-refractivity contribution in [3.05, 3.63) is 0 Å². The molecule has 1 N–H and O–H groups in total. The number of fused-ring (bicyclic) bond motifs is 3. The van der Waals surface area contributed by atoms with E-state index >= 15 is 0 Å². The Bertz CT molecular complexity index is 510. The molecular weight excluding hydrogens is 272 g/mol. The summed E-state index contributed by atoms with van der Waals surface area (Å²) in [5, 5.41) is 10.5. The van der Waals surface area contributed by atoms with Gasteiger partial charge in [-0.3, -0.25) is 4.79 Å². The van der Waals surface area contributed by atoms with E-state index in [0.29, 0.717) is 29.5 Å². The first-order valence-corrected chi connectivity index (χ1v) is 9.46. The van der Waals surface area contributed by atoms with Gasteiger partial charge >= 0.3 is 0 Å². The van der Waals surface area contributed by atoms with Crippen LogP contribution in [0, 0.1) is 39.9 Å². The van der Waals surface area contributed by atoms with E-state index in [1.165, 1.54) is 19.3 Å². The summed E-state index contributed by atoms with van der Waals surface area (Å²) in [4.78, 5) is 13.1. The van der Waals surface area contributed by atoms with Crippen LogP contribution in [0.4, 0.5) is 0 Å². The standard InChI is InChI=1S/C20H32O2/c1-12-13-5-6-15-19(4)9-8-16(21)18(2,3)14(19)7-10-20(15,11-13)17(12)22/h12-16,21H,5-11H2,1-4H3/t12-,13-,14-,15+,16+,19-,20-/m1/s1. The summed E-state index contributed by atoms with van der Waals surface area (Å²) >= 11 is 0. The molecule has 0 aromatic heterocycles. The molecule has 7 atom stereocenters. The Balaban J connectivity index is 1.77. The minimum atomic E-state index is -0.172. The van der Waals surface area contributed by atoms with E-state index in [0.717, 1.165) is 25.7 Å². The second-order valence-corrected chi connectivity index (χ2v) is 9.88. The van der Waals surface area contributed by atoms with Gasteiger partial charge in [0.2, 0.25) is 0 Å². The SMILES string of the molecule is C[C@H]1C(=O)[C@@]23CC[C@@H]4C(C)(C)[C@@H](O)CC[C@@]4(C)[C@@H]2CC[C@@H]1C3. The molecule has 22 heavy (non-hydrogen) atoms. The van der Waals surface area contributed by atoms with E-state index in [1.54, 1.807) is 0 Å². The Morgan fingerprint density at radius 2 is 1.73 bits per heavy atom. The van der Waals surface area contributed by atoms with E-state index in [1.807, 2.05) is 0 Å². The number of aliphatic hydroxyl groups excluding tert-OH is 1. The molecule has 0 aromatic rings. The number of carbonyl (C=O) groups is 1. The molecule has 1 spiro atoms. The fourth-order valence-corrected chi connectivity index (χ4v) is 7.69. The smallest absolute Gasteiger partial charge is 0.142 e. The molecule has 0 saturated heterocycles. The summed E-state index contributed by atoms with van der Waals surface area (Å²) < 4.78 is 0. The highest BCUT2D eigenvalue weighted by Gasteiger charge is 2.67. The van der Waals surface area contributed by atoms with Crippen molar-refractivity contribution < 1.29 is 9.90 Å². The van der Waals surface area contributed by atoms with Gasteiger partial charge < -0.3 is 5.11 Å². The molecule has 4 aliphatic carbocycles. The molecule has 2 heteroatoms. The summed E-state index contributed by atoms with van der Waals surface area (Å²) in [6, 6.07) is 0. The average Bonchev–Trinajstić information content (AvgIpc) is 2.65. The molecule has 4 rings (SSSR count). The lowest BCUT2D eigenvalue weighted by molar-refractivity contribution is -0.183. The maximum absolute atomic E-state index is 13.1. The number of rotatable bonds is 0. The van der Waals surface area contributed by atoms with Crippen LogP contribution in [0.3, 0.4) is 0 Å². The number of carbonyl (C=O) groups excluding carboxylic acids is 1. The molecule has 0 radical (unpaired) electrons. The van der Waals surface area contributed by atoms with Crippen LogP contribution in [0.25, 0.3) is 0 Å². The molecule has 4 saturated carbocycles. The zero-order valence-corrected chi connectivity index (χ0v) is 14.7. The van der Waals surface area contributed by atoms with Crippen LogP contribution in [0.5, 0.6) is 0 Å². The zero-order valence-electron chi connectivity index (χ0n) is 14.7. The molecule has 2 nitrogen and oxygen atoms in total. The van der Waals surface area contributed by atoms with Gasteiger partial charge in [-0.2, -0.15) is 0 Å². The Morgan fingerprint density at radius 1 is 1.00 bits per heavy atom. The van der Waals surface area contributed by atoms with Crippen LogP contribution in [0.2, 0.25) is 0 Å². The number of hydrogen-bond donors (Lipinski definition) is 1. The van der Waals surface area contributed by atoms with Crippen molar-refractivity contribution in [2.75, 3.05) is 0 Å². The van der Waals surface area contributed by atoms with E-state index in [9.17, 15) is 9.90 Å². The molecule has 0 amide bonds. The fraction of sp³-hybridized carbons (Fsp3) is 0.950. The largest absolute Gasteiger partial charge is 0.393 e. The third kappa shape index (κ3) is 1.58. The molecular formula is C20H32O2. The molecule has 0 aliphatic heterocycles. The van der Waals surface area contributed by atoms with Crippen LogP contribution in [0.15, 0.2) is 0 Å². The normalized spacial score (nSPS) is 56.4. The molecule has 0 heterocycles. The van der Waals surface area contributed by atoms with Crippen molar-refractivity contribution in [1.29, 1.82) is 0 Å². The van der Waals surface area contributed by atoms with Gasteiger partial charge in [0.25, 0.3) is 0 Å². The first kappa shape index (κ1) is 15.2. The molecule has 0 unspecified atom stereocenters. The Labute approximate surface area is 135 Å². The molecule has 2 bridgehead atoms. The molecule has 124 valence electrons. The second kappa shape index (κ2) is 4.37. The predicted octanol–water partition coefficient (Wildman–Crippen LogP) is 4.21. The molecule has 0 aromatic carbocycles. The van der Waals surface area contributed by atoms with Crippen molar-refractivity contribution in [2.24, 2.45) is 39.9 Å². The van der Waals surface area contributed by atoms with Gasteiger partial charge in [0.15, 0.2) is 0 Å². The van der Waals surface area contributed by atoms with Crippen molar-refractivity contribution in [2.45, 2.75) is 78.7 Å². The summed E-state index contributed by atoms with van der Waals surface area (Å²) in [6.45, 7) is 9.19. The lowest BCUT2D eigenvalue weighted by Gasteiger charge is -2.64. The third-order valence-corrected chi connectivity index (χ3v) is 8.92. The van der Waals surface area contributed by atoms with Crippen molar-refractivity contribution >= 4 is 5.78 Å². The topological polar surface area (TPSA) is 37.3 Å². The van der Waals surface area contributed by atoms with E-state index in [-0.39, 0.29) is 22.3 Å². The van der Waals surface area contributed by atoms with Gasteiger partial charge in [0, 0.05) is 11.3 Å². The van der Waals surface area contributed by atoms with E-state index < -0.39 is 0 Å². The first-order chi connectivity index (χ1) is 10.2. The summed E-state index contributed by atoms with van der Waals surface area (Å²) in [6.07, 6.45) is 7.76. The summed E-state index contributed by atoms with van der Waals surface area (Å²) in [5.41, 5.74) is 0.260. The fourth-order valence-electron chi connectivity index (χ4n) is 7.69. The number of hydrogen-bond acceptors (Lipinski definition) is 2. The van der Waals surface area contributed by atoms with Crippen LogP contribution in [0.1, 0.15) is 72.6 Å². The van der Waals surface area contributed by atoms with E-state index in [2.05, 4.69) is 27.7 Å². The molecule has 4 fully saturated rings. The highest BCUT2D eigenvalue weighted by Crippen LogP contribution is 2.71. The van der Waals surface area contributed by atoms with Gasteiger partial charge in [-0.05, 0) is 73.5 Å². The van der Waals surface area contributed by atoms with Crippen molar-refractivity contribution in [1.82, 2.24) is 0 Å². The predicted molar refractivity (Wildman–Crippen MR) is 87.3 cm³/mol.